The summed E-state index contributed by atoms with van der Waals surface area (Å²) >= 11 is 0. The molecule has 0 unspecified atom stereocenters. The van der Waals surface area contributed by atoms with Crippen LogP contribution >= 0.6 is 0 Å². The number of rotatable bonds is 6. The van der Waals surface area contributed by atoms with E-state index in [1.807, 2.05) is 0 Å². The zero-order valence-corrected chi connectivity index (χ0v) is 18.6. The summed E-state index contributed by atoms with van der Waals surface area (Å²) in [5, 5.41) is 1.66. The number of pyridine rings is 1. The number of hydrogen-bond acceptors (Lipinski definition) is 5. The SMILES string of the molecule is O=C(NC1CCC(S(=O)(=O)c2ccc(F)c(C(F)(F)F)c2)CC1)c1ccc(OCC(F)(F)F)nc1. The summed E-state index contributed by atoms with van der Waals surface area (Å²) in [6, 6.07) is 3.43. The maximum atomic E-state index is 13.5. The van der Waals surface area contributed by atoms with Crippen LogP contribution in [0.25, 0.3) is 0 Å². The van der Waals surface area contributed by atoms with Gasteiger partial charge in [0.15, 0.2) is 16.4 Å². The number of alkyl halides is 6. The molecule has 192 valence electrons. The molecule has 1 aromatic carbocycles. The number of amides is 1. The third-order valence-electron chi connectivity index (χ3n) is 5.40. The average Bonchev–Trinajstić information content (AvgIpc) is 2.77. The number of halogens is 7. The van der Waals surface area contributed by atoms with Gasteiger partial charge in [0, 0.05) is 18.3 Å². The molecule has 0 aliphatic heterocycles. The number of carbonyl (C=O) groups excluding carboxylic acids is 1. The van der Waals surface area contributed by atoms with Gasteiger partial charge in [-0.2, -0.15) is 26.3 Å². The molecule has 1 aromatic heterocycles. The molecule has 0 saturated heterocycles. The molecule has 35 heavy (non-hydrogen) atoms. The van der Waals surface area contributed by atoms with E-state index in [0.29, 0.717) is 6.07 Å². The number of carbonyl (C=O) groups is 1. The van der Waals surface area contributed by atoms with Crippen LogP contribution in [0.4, 0.5) is 30.7 Å². The van der Waals surface area contributed by atoms with Gasteiger partial charge in [0.25, 0.3) is 5.91 Å². The van der Waals surface area contributed by atoms with E-state index in [1.54, 1.807) is 0 Å². The van der Waals surface area contributed by atoms with Crippen molar-refractivity contribution in [2.24, 2.45) is 0 Å². The van der Waals surface area contributed by atoms with Gasteiger partial charge in [-0.25, -0.2) is 17.8 Å². The molecule has 1 N–H and O–H groups in total. The predicted octanol–water partition coefficient (Wildman–Crippen LogP) is 4.70. The van der Waals surface area contributed by atoms with Gasteiger partial charge in [0.05, 0.1) is 21.3 Å². The van der Waals surface area contributed by atoms with E-state index >= 15 is 0 Å². The Labute approximate surface area is 195 Å². The highest BCUT2D eigenvalue weighted by Gasteiger charge is 2.38. The van der Waals surface area contributed by atoms with Crippen LogP contribution in [0.5, 0.6) is 5.88 Å². The molecule has 0 atom stereocenters. The second-order valence-electron chi connectivity index (χ2n) is 7.92. The summed E-state index contributed by atoms with van der Waals surface area (Å²) in [4.78, 5) is 15.4. The number of aromatic nitrogens is 1. The number of hydrogen-bond donors (Lipinski definition) is 1. The van der Waals surface area contributed by atoms with E-state index in [1.165, 1.54) is 6.07 Å². The lowest BCUT2D eigenvalue weighted by atomic mass is 9.95. The Hall–Kier alpha value is -2.90. The third kappa shape index (κ3) is 6.83. The number of sulfone groups is 1. The van der Waals surface area contributed by atoms with E-state index in [4.69, 9.17) is 0 Å². The minimum atomic E-state index is -5.05. The van der Waals surface area contributed by atoms with E-state index in [9.17, 15) is 43.9 Å². The Balaban J connectivity index is 1.58. The highest BCUT2D eigenvalue weighted by Crippen LogP contribution is 2.35. The van der Waals surface area contributed by atoms with Gasteiger partial charge in [-0.1, -0.05) is 0 Å². The highest BCUT2D eigenvalue weighted by molar-refractivity contribution is 7.92. The van der Waals surface area contributed by atoms with Gasteiger partial charge in [0.1, 0.15) is 5.82 Å². The summed E-state index contributed by atoms with van der Waals surface area (Å²) < 4.78 is 119. The van der Waals surface area contributed by atoms with Crippen molar-refractivity contribution < 1.29 is 48.7 Å². The zero-order valence-electron chi connectivity index (χ0n) is 17.8. The maximum absolute atomic E-state index is 13.5. The monoisotopic (exact) mass is 528 g/mol. The lowest BCUT2D eigenvalue weighted by molar-refractivity contribution is -0.154. The van der Waals surface area contributed by atoms with Crippen LogP contribution in [-0.4, -0.2) is 43.4 Å². The fourth-order valence-corrected chi connectivity index (χ4v) is 5.45. The van der Waals surface area contributed by atoms with E-state index in [-0.39, 0.29) is 43.2 Å². The molecule has 0 radical (unpaired) electrons. The summed E-state index contributed by atoms with van der Waals surface area (Å²) in [6.45, 7) is -1.53. The van der Waals surface area contributed by atoms with Gasteiger partial charge in [-0.05, 0) is 49.9 Å². The first-order valence-electron chi connectivity index (χ1n) is 10.2. The summed E-state index contributed by atoms with van der Waals surface area (Å²) in [5.41, 5.74) is -1.62. The molecule has 0 spiro atoms. The molecule has 3 rings (SSSR count). The number of ether oxygens (including phenoxy) is 1. The first-order valence-corrected chi connectivity index (χ1v) is 11.8. The number of nitrogens with zero attached hydrogens (tertiary/aromatic N) is 1. The summed E-state index contributed by atoms with van der Waals surface area (Å²) in [5.74, 6) is -2.48. The van der Waals surface area contributed by atoms with Gasteiger partial charge >= 0.3 is 12.4 Å². The Morgan fingerprint density at radius 1 is 1.03 bits per heavy atom. The first-order chi connectivity index (χ1) is 16.2. The lowest BCUT2D eigenvalue weighted by Gasteiger charge is -2.29. The molecule has 6 nitrogen and oxygen atoms in total. The predicted molar refractivity (Wildman–Crippen MR) is 108 cm³/mol. The third-order valence-corrected chi connectivity index (χ3v) is 7.66. The normalized spacial score (nSPS) is 19.3. The molecule has 1 fully saturated rings. The Morgan fingerprint density at radius 3 is 2.23 bits per heavy atom. The largest absolute Gasteiger partial charge is 0.468 e. The Kier molecular flexibility index (Phi) is 7.62. The minimum absolute atomic E-state index is 0.0464. The molecular weight excluding hydrogens is 509 g/mol. The van der Waals surface area contributed by atoms with Crippen LogP contribution in [-0.2, 0) is 16.0 Å². The average molecular weight is 528 g/mol. The van der Waals surface area contributed by atoms with Crippen LogP contribution in [0.2, 0.25) is 0 Å². The first kappa shape index (κ1) is 26.7. The van der Waals surface area contributed by atoms with Crippen molar-refractivity contribution in [3.05, 3.63) is 53.5 Å². The molecule has 1 aliphatic carbocycles. The van der Waals surface area contributed by atoms with Crippen molar-refractivity contribution in [2.75, 3.05) is 6.61 Å². The smallest absolute Gasteiger partial charge is 0.422 e. The Bertz CT molecular complexity index is 1160. The van der Waals surface area contributed by atoms with Crippen molar-refractivity contribution in [3.63, 3.8) is 0 Å². The molecule has 2 aromatic rings. The van der Waals surface area contributed by atoms with Gasteiger partial charge < -0.3 is 10.1 Å². The fraction of sp³-hybridized carbons (Fsp3) is 0.429. The van der Waals surface area contributed by atoms with Crippen LogP contribution in [0.1, 0.15) is 41.6 Å². The quantitative estimate of drug-likeness (QED) is 0.434. The molecule has 1 heterocycles. The summed E-state index contributed by atoms with van der Waals surface area (Å²) in [7, 11) is -4.17. The van der Waals surface area contributed by atoms with Crippen LogP contribution < -0.4 is 10.1 Å². The fourth-order valence-electron chi connectivity index (χ4n) is 3.63. The van der Waals surface area contributed by atoms with E-state index < -0.39 is 62.3 Å². The molecule has 0 bridgehead atoms. The van der Waals surface area contributed by atoms with Gasteiger partial charge in [-0.15, -0.1) is 0 Å². The molecule has 1 amide bonds. The minimum Gasteiger partial charge on any atom is -0.468 e. The molecular formula is C21H19F7N2O4S. The van der Waals surface area contributed by atoms with Crippen LogP contribution in [0, 0.1) is 5.82 Å². The second kappa shape index (κ2) is 9.99. The summed E-state index contributed by atoms with van der Waals surface area (Å²) in [6.07, 6.45) is -8.03. The van der Waals surface area contributed by atoms with Crippen molar-refractivity contribution >= 4 is 15.7 Å². The Morgan fingerprint density at radius 2 is 1.69 bits per heavy atom. The topological polar surface area (TPSA) is 85.4 Å². The van der Waals surface area contributed by atoms with Gasteiger partial charge in [-0.3, -0.25) is 4.79 Å². The van der Waals surface area contributed by atoms with Crippen molar-refractivity contribution in [1.29, 1.82) is 0 Å². The maximum Gasteiger partial charge on any atom is 0.422 e. The molecule has 1 aliphatic rings. The highest BCUT2D eigenvalue weighted by atomic mass is 32.2. The second-order valence-corrected chi connectivity index (χ2v) is 10.1. The van der Waals surface area contributed by atoms with E-state index in [0.717, 1.165) is 18.3 Å². The van der Waals surface area contributed by atoms with Crippen LogP contribution in [0.3, 0.4) is 0 Å². The van der Waals surface area contributed by atoms with E-state index in [2.05, 4.69) is 15.0 Å². The number of nitrogens with one attached hydrogen (secondary N) is 1. The number of benzene rings is 1. The lowest BCUT2D eigenvalue weighted by Crippen LogP contribution is -2.40. The van der Waals surface area contributed by atoms with Gasteiger partial charge in [0.2, 0.25) is 5.88 Å². The standard InChI is InChI=1S/C21H19F7N2O4S/c22-17-7-6-15(9-16(17)21(26,27)28)35(32,33)14-4-2-13(3-5-14)30-19(31)12-1-8-18(29-10-12)34-11-20(23,24)25/h1,6-10,13-14H,2-5,11H2,(H,30,31). The zero-order chi connectivity index (χ0) is 26.0. The molecule has 14 heteroatoms. The van der Waals surface area contributed by atoms with Crippen molar-refractivity contribution in [1.82, 2.24) is 10.3 Å². The van der Waals surface area contributed by atoms with Crippen LogP contribution in [0.15, 0.2) is 41.4 Å². The van der Waals surface area contributed by atoms with Crippen molar-refractivity contribution in [2.45, 2.75) is 54.2 Å². The van der Waals surface area contributed by atoms with Crippen molar-refractivity contribution in [3.8, 4) is 5.88 Å². The molecule has 1 saturated carbocycles.